The predicted molar refractivity (Wildman–Crippen MR) is 63.5 cm³/mol. The van der Waals surface area contributed by atoms with Crippen molar-refractivity contribution >= 4 is 24.5 Å². The van der Waals surface area contributed by atoms with E-state index in [4.69, 9.17) is 5.11 Å². The molecule has 0 aromatic heterocycles. The van der Waals surface area contributed by atoms with Gasteiger partial charge in [-0.15, -0.1) is 0 Å². The highest BCUT2D eigenvalue weighted by Gasteiger charge is 2.17. The van der Waals surface area contributed by atoms with E-state index in [1.54, 1.807) is 0 Å². The van der Waals surface area contributed by atoms with Crippen LogP contribution in [-0.4, -0.2) is 28.8 Å². The van der Waals surface area contributed by atoms with Crippen LogP contribution in [0.2, 0.25) is 0 Å². The predicted octanol–water partition coefficient (Wildman–Crippen LogP) is 0.867. The summed E-state index contributed by atoms with van der Waals surface area (Å²) >= 11 is 3.82. The number of thiol groups is 1. The van der Waals surface area contributed by atoms with E-state index < -0.39 is 17.9 Å². The third kappa shape index (κ3) is 4.44. The van der Waals surface area contributed by atoms with Crippen molar-refractivity contribution in [1.82, 2.24) is 5.32 Å². The second kappa shape index (κ2) is 6.24. The molecule has 0 fully saturated rings. The van der Waals surface area contributed by atoms with Gasteiger partial charge in [0.05, 0.1) is 6.42 Å². The molecule has 92 valence electrons. The van der Waals surface area contributed by atoms with Crippen molar-refractivity contribution in [2.24, 2.45) is 0 Å². The molecular weight excluding hydrogens is 245 g/mol. The number of benzene rings is 1. The number of nitrogens with one attached hydrogen (secondary N) is 1. The summed E-state index contributed by atoms with van der Waals surface area (Å²) in [4.78, 5) is 22.1. The van der Waals surface area contributed by atoms with Crippen LogP contribution in [0, 0.1) is 5.82 Å². The van der Waals surface area contributed by atoms with Gasteiger partial charge in [0, 0.05) is 5.75 Å². The second-order valence-corrected chi connectivity index (χ2v) is 3.81. The summed E-state index contributed by atoms with van der Waals surface area (Å²) in [5.74, 6) is -1.93. The Bertz CT molecular complexity index is 408. The van der Waals surface area contributed by atoms with Crippen LogP contribution in [0.4, 0.5) is 4.39 Å². The number of carboxylic acids is 1. The molecule has 1 aromatic rings. The lowest BCUT2D eigenvalue weighted by Gasteiger charge is -2.11. The largest absolute Gasteiger partial charge is 0.480 e. The van der Waals surface area contributed by atoms with E-state index in [-0.39, 0.29) is 18.0 Å². The number of carbonyl (C=O) groups excluding carboxylic acids is 1. The minimum Gasteiger partial charge on any atom is -0.480 e. The first-order valence-corrected chi connectivity index (χ1v) is 5.53. The summed E-state index contributed by atoms with van der Waals surface area (Å²) in [6.45, 7) is 0. The van der Waals surface area contributed by atoms with Crippen LogP contribution in [0.25, 0.3) is 0 Å². The number of carboxylic acid groups (broad SMARTS) is 1. The van der Waals surface area contributed by atoms with Crippen molar-refractivity contribution in [3.05, 3.63) is 35.6 Å². The van der Waals surface area contributed by atoms with Crippen LogP contribution >= 0.6 is 12.6 Å². The first-order chi connectivity index (χ1) is 8.02. The number of hydrogen-bond donors (Lipinski definition) is 3. The highest BCUT2D eigenvalue weighted by atomic mass is 32.1. The molecule has 0 aliphatic heterocycles. The number of carbonyl (C=O) groups is 2. The molecule has 0 radical (unpaired) electrons. The van der Waals surface area contributed by atoms with Crippen LogP contribution in [-0.2, 0) is 16.0 Å². The molecule has 2 N–H and O–H groups in total. The molecule has 1 aromatic carbocycles. The summed E-state index contributed by atoms with van der Waals surface area (Å²) in [6.07, 6.45) is 0.0117. The van der Waals surface area contributed by atoms with Gasteiger partial charge in [0.15, 0.2) is 0 Å². The minimum atomic E-state index is -1.13. The molecule has 0 spiro atoms. The zero-order valence-corrected chi connectivity index (χ0v) is 9.78. The summed E-state index contributed by atoms with van der Waals surface area (Å²) in [7, 11) is 0. The number of halogens is 1. The first-order valence-electron chi connectivity index (χ1n) is 4.90. The van der Waals surface area contributed by atoms with Gasteiger partial charge in [-0.25, -0.2) is 9.18 Å². The molecule has 6 heteroatoms. The van der Waals surface area contributed by atoms with E-state index in [1.165, 1.54) is 24.3 Å². The van der Waals surface area contributed by atoms with Gasteiger partial charge >= 0.3 is 5.97 Å². The van der Waals surface area contributed by atoms with E-state index in [9.17, 15) is 14.0 Å². The van der Waals surface area contributed by atoms with Crippen molar-refractivity contribution in [2.75, 3.05) is 5.75 Å². The Balaban J connectivity index is 2.54. The van der Waals surface area contributed by atoms with Crippen molar-refractivity contribution in [3.8, 4) is 0 Å². The van der Waals surface area contributed by atoms with Gasteiger partial charge < -0.3 is 10.4 Å². The Kier molecular flexibility index (Phi) is 4.96. The van der Waals surface area contributed by atoms with E-state index in [0.29, 0.717) is 5.56 Å². The zero-order chi connectivity index (χ0) is 12.8. The molecule has 0 heterocycles. The number of hydrogen-bond acceptors (Lipinski definition) is 3. The lowest BCUT2D eigenvalue weighted by atomic mass is 10.1. The number of amides is 1. The summed E-state index contributed by atoms with van der Waals surface area (Å²) < 4.78 is 12.6. The quantitative estimate of drug-likeness (QED) is 0.686. The van der Waals surface area contributed by atoms with Crippen molar-refractivity contribution in [3.63, 3.8) is 0 Å². The molecule has 4 nitrogen and oxygen atoms in total. The lowest BCUT2D eigenvalue weighted by Crippen LogP contribution is -2.42. The third-order valence-corrected chi connectivity index (χ3v) is 2.46. The van der Waals surface area contributed by atoms with Crippen molar-refractivity contribution < 1.29 is 19.1 Å². The average molecular weight is 257 g/mol. The standard InChI is InChI=1S/C11H12FNO3S/c12-8-3-1-7(2-4-8)5-10(14)13-9(6-17)11(15)16/h1-4,9,17H,5-6H2,(H,13,14)(H,15,16)/t9-/m0/s1. The molecular formula is C11H12FNO3S. The number of aliphatic carboxylic acids is 1. The Morgan fingerprint density at radius 3 is 2.41 bits per heavy atom. The number of rotatable bonds is 5. The van der Waals surface area contributed by atoms with Crippen LogP contribution < -0.4 is 5.32 Å². The fraction of sp³-hybridized carbons (Fsp3) is 0.273. The maximum atomic E-state index is 12.6. The molecule has 0 aliphatic rings. The summed E-state index contributed by atoms with van der Waals surface area (Å²) in [6, 6.07) is 4.44. The van der Waals surface area contributed by atoms with Gasteiger partial charge in [-0.2, -0.15) is 12.6 Å². The molecule has 0 saturated heterocycles. The van der Waals surface area contributed by atoms with Crippen LogP contribution in [0.5, 0.6) is 0 Å². The molecule has 1 atom stereocenters. The molecule has 0 bridgehead atoms. The highest BCUT2D eigenvalue weighted by Crippen LogP contribution is 2.03. The van der Waals surface area contributed by atoms with Gasteiger partial charge in [-0.3, -0.25) is 4.79 Å². The maximum absolute atomic E-state index is 12.6. The van der Waals surface area contributed by atoms with Gasteiger partial charge in [-0.1, -0.05) is 12.1 Å². The van der Waals surface area contributed by atoms with Gasteiger partial charge in [0.25, 0.3) is 0 Å². The molecule has 17 heavy (non-hydrogen) atoms. The highest BCUT2D eigenvalue weighted by molar-refractivity contribution is 7.80. The minimum absolute atomic E-state index is 0.0117. The van der Waals surface area contributed by atoms with Gasteiger partial charge in [0.1, 0.15) is 11.9 Å². The molecule has 0 saturated carbocycles. The monoisotopic (exact) mass is 257 g/mol. The van der Waals surface area contributed by atoms with Gasteiger partial charge in [-0.05, 0) is 17.7 Å². The third-order valence-electron chi connectivity index (χ3n) is 2.09. The SMILES string of the molecule is O=C(Cc1ccc(F)cc1)N[C@@H](CS)C(=O)O. The molecule has 1 amide bonds. The Hall–Kier alpha value is -1.56. The summed E-state index contributed by atoms with van der Waals surface area (Å²) in [5, 5.41) is 11.0. The lowest BCUT2D eigenvalue weighted by molar-refractivity contribution is -0.141. The Morgan fingerprint density at radius 1 is 1.35 bits per heavy atom. The molecule has 0 aliphatic carbocycles. The fourth-order valence-electron chi connectivity index (χ4n) is 1.22. The molecule has 0 unspecified atom stereocenters. The summed E-state index contributed by atoms with van der Waals surface area (Å²) in [5.41, 5.74) is 0.618. The van der Waals surface area contributed by atoms with E-state index >= 15 is 0 Å². The Labute approximate surface area is 103 Å². The smallest absolute Gasteiger partial charge is 0.327 e. The molecule has 1 rings (SSSR count). The first kappa shape index (κ1) is 13.5. The van der Waals surface area contributed by atoms with E-state index in [1.807, 2.05) is 0 Å². The van der Waals surface area contributed by atoms with Crippen molar-refractivity contribution in [1.29, 1.82) is 0 Å². The van der Waals surface area contributed by atoms with Gasteiger partial charge in [0.2, 0.25) is 5.91 Å². The van der Waals surface area contributed by atoms with Crippen LogP contribution in [0.1, 0.15) is 5.56 Å². The van der Waals surface area contributed by atoms with E-state index in [2.05, 4.69) is 17.9 Å². The zero-order valence-electron chi connectivity index (χ0n) is 8.89. The second-order valence-electron chi connectivity index (χ2n) is 3.44. The maximum Gasteiger partial charge on any atom is 0.327 e. The van der Waals surface area contributed by atoms with Crippen molar-refractivity contribution in [2.45, 2.75) is 12.5 Å². The Morgan fingerprint density at radius 2 is 1.94 bits per heavy atom. The van der Waals surface area contributed by atoms with Crippen LogP contribution in [0.15, 0.2) is 24.3 Å². The van der Waals surface area contributed by atoms with Crippen LogP contribution in [0.3, 0.4) is 0 Å². The topological polar surface area (TPSA) is 66.4 Å². The normalized spacial score (nSPS) is 11.9. The van der Waals surface area contributed by atoms with E-state index in [0.717, 1.165) is 0 Å². The fourth-order valence-corrected chi connectivity index (χ4v) is 1.47. The average Bonchev–Trinajstić information content (AvgIpc) is 2.28.